The van der Waals surface area contributed by atoms with Crippen LogP contribution in [0.5, 0.6) is 0 Å². The number of pyridine rings is 1. The highest BCUT2D eigenvalue weighted by Crippen LogP contribution is 2.63. The summed E-state index contributed by atoms with van der Waals surface area (Å²) in [5.74, 6) is 0.223. The van der Waals surface area contributed by atoms with Gasteiger partial charge in [0.15, 0.2) is 0 Å². The van der Waals surface area contributed by atoms with Crippen LogP contribution in [0.1, 0.15) is 103 Å². The topological polar surface area (TPSA) is 22.6 Å². The number of hydrogen-bond donors (Lipinski definition) is 0. The Morgan fingerprint density at radius 1 is 0.571 bits per heavy atom. The lowest BCUT2D eigenvalue weighted by atomic mass is 9.28. The smallest absolute Gasteiger partial charge is 0.252 e. The predicted molar refractivity (Wildman–Crippen MR) is 292 cm³/mol. The van der Waals surface area contributed by atoms with Crippen LogP contribution in [0.2, 0.25) is 0 Å². The lowest BCUT2D eigenvalue weighted by Gasteiger charge is -2.53. The third-order valence-corrected chi connectivity index (χ3v) is 18.5. The van der Waals surface area contributed by atoms with Crippen molar-refractivity contribution in [2.45, 2.75) is 89.0 Å². The molecule has 5 aliphatic heterocycles. The minimum absolute atomic E-state index is 0.00110. The van der Waals surface area contributed by atoms with Crippen molar-refractivity contribution >= 4 is 74.2 Å². The number of para-hydroxylation sites is 1. The largest absolute Gasteiger partial charge is 0.334 e. The number of allylic oxidation sites excluding steroid dienone is 4. The maximum Gasteiger partial charge on any atom is 0.252 e. The van der Waals surface area contributed by atoms with Crippen LogP contribution in [0.4, 0.5) is 45.5 Å². The molecule has 2 aliphatic carbocycles. The number of nitrogens with zero attached hydrogens (tertiary/aromatic N) is 4. The zero-order valence-corrected chi connectivity index (χ0v) is 40.7. The van der Waals surface area contributed by atoms with Crippen LogP contribution < -0.4 is 31.1 Å². The molecule has 5 heteroatoms. The molecule has 1 fully saturated rings. The summed E-state index contributed by atoms with van der Waals surface area (Å²) >= 11 is 0. The molecular weight excluding hydrogens is 848 g/mol. The second-order valence-corrected chi connectivity index (χ2v) is 22.0. The third kappa shape index (κ3) is 5.00. The maximum atomic E-state index is 5.07. The van der Waals surface area contributed by atoms with E-state index in [4.69, 9.17) is 4.98 Å². The van der Waals surface area contributed by atoms with Crippen LogP contribution in [-0.4, -0.2) is 17.2 Å². The highest BCUT2D eigenvalue weighted by Gasteiger charge is 2.59. The number of benzene rings is 7. The highest BCUT2D eigenvalue weighted by molar-refractivity contribution is 7.01. The van der Waals surface area contributed by atoms with Crippen LogP contribution >= 0.6 is 0 Å². The number of aromatic nitrogens is 1. The zero-order chi connectivity index (χ0) is 46.8. The molecule has 0 saturated heterocycles. The molecule has 7 aliphatic rings. The van der Waals surface area contributed by atoms with E-state index in [2.05, 4.69) is 213 Å². The van der Waals surface area contributed by atoms with Crippen LogP contribution in [0.3, 0.4) is 0 Å². The van der Waals surface area contributed by atoms with Gasteiger partial charge in [-0.25, -0.2) is 0 Å². The first kappa shape index (κ1) is 40.5. The van der Waals surface area contributed by atoms with Crippen molar-refractivity contribution in [3.63, 3.8) is 0 Å². The van der Waals surface area contributed by atoms with E-state index in [-0.39, 0.29) is 23.6 Å². The molecule has 70 heavy (non-hydrogen) atoms. The van der Waals surface area contributed by atoms with Crippen molar-refractivity contribution in [1.82, 2.24) is 4.98 Å². The molecule has 1 aromatic heterocycles. The van der Waals surface area contributed by atoms with Gasteiger partial charge in [-0.3, -0.25) is 4.98 Å². The Labute approximate surface area is 412 Å². The minimum Gasteiger partial charge on any atom is -0.334 e. The van der Waals surface area contributed by atoms with Gasteiger partial charge >= 0.3 is 0 Å². The van der Waals surface area contributed by atoms with Crippen molar-refractivity contribution in [3.8, 4) is 11.3 Å². The first-order valence-electron chi connectivity index (χ1n) is 25.7. The molecule has 7 aromatic carbocycles. The van der Waals surface area contributed by atoms with E-state index in [1.54, 1.807) is 0 Å². The summed E-state index contributed by atoms with van der Waals surface area (Å²) in [5.41, 5.74) is 28.2. The van der Waals surface area contributed by atoms with Crippen molar-refractivity contribution in [1.29, 1.82) is 0 Å². The molecule has 0 bridgehead atoms. The average Bonchev–Trinajstić information content (AvgIpc) is 3.53. The van der Waals surface area contributed by atoms with Gasteiger partial charge in [0.25, 0.3) is 6.71 Å². The van der Waals surface area contributed by atoms with E-state index in [1.807, 2.05) is 12.3 Å². The van der Waals surface area contributed by atoms with E-state index in [0.29, 0.717) is 0 Å². The monoisotopic (exact) mass is 902 g/mol. The highest BCUT2D eigenvalue weighted by atomic mass is 15.3. The Morgan fingerprint density at radius 2 is 1.27 bits per heavy atom. The Hall–Kier alpha value is -7.37. The number of aryl methyl sites for hydroxylation is 2. The van der Waals surface area contributed by atoms with Gasteiger partial charge in [0, 0.05) is 68.2 Å². The Balaban J connectivity index is 1.13. The van der Waals surface area contributed by atoms with Gasteiger partial charge < -0.3 is 14.7 Å². The molecular formula is C65H55BN4. The fraction of sp³-hybridized carbons (Fsp3) is 0.215. The van der Waals surface area contributed by atoms with E-state index in [0.717, 1.165) is 29.8 Å². The average molecular weight is 903 g/mol. The van der Waals surface area contributed by atoms with E-state index < -0.39 is 5.41 Å². The predicted octanol–water partition coefficient (Wildman–Crippen LogP) is 14.3. The zero-order valence-electron chi connectivity index (χ0n) is 40.7. The summed E-state index contributed by atoms with van der Waals surface area (Å²) in [5, 5.41) is 0. The van der Waals surface area contributed by atoms with Crippen molar-refractivity contribution in [2.75, 3.05) is 14.7 Å². The van der Waals surface area contributed by atoms with Crippen molar-refractivity contribution in [3.05, 3.63) is 221 Å². The van der Waals surface area contributed by atoms with Gasteiger partial charge in [-0.15, -0.1) is 0 Å². The van der Waals surface area contributed by atoms with Crippen molar-refractivity contribution in [2.24, 2.45) is 0 Å². The fourth-order valence-electron chi connectivity index (χ4n) is 15.1. The maximum absolute atomic E-state index is 5.07. The normalized spacial score (nSPS) is 23.4. The van der Waals surface area contributed by atoms with Gasteiger partial charge in [-0.05, 0) is 157 Å². The molecule has 8 aromatic rings. The van der Waals surface area contributed by atoms with Gasteiger partial charge in [0.05, 0.1) is 22.6 Å². The lowest BCUT2D eigenvalue weighted by molar-refractivity contribution is 0.195. The summed E-state index contributed by atoms with van der Waals surface area (Å²) in [7, 11) is 0. The van der Waals surface area contributed by atoms with Crippen LogP contribution in [0.25, 0.3) is 16.8 Å². The molecule has 6 heterocycles. The van der Waals surface area contributed by atoms with Gasteiger partial charge in [-0.1, -0.05) is 140 Å². The number of fused-ring (bicyclic) bond motifs is 9. The molecule has 0 amide bonds. The summed E-state index contributed by atoms with van der Waals surface area (Å²) < 4.78 is 0. The molecule has 15 rings (SSSR count). The Bertz CT molecular complexity index is 3650. The number of anilines is 8. The molecule has 0 radical (unpaired) electrons. The van der Waals surface area contributed by atoms with Crippen LogP contribution in [-0.2, 0) is 10.8 Å². The van der Waals surface area contributed by atoms with Gasteiger partial charge in [-0.2, -0.15) is 0 Å². The summed E-state index contributed by atoms with van der Waals surface area (Å²) in [6.45, 7) is 12.1. The number of rotatable bonds is 4. The molecule has 4 atom stereocenters. The molecule has 0 N–H and O–H groups in total. The number of hydrogen-bond acceptors (Lipinski definition) is 4. The van der Waals surface area contributed by atoms with E-state index >= 15 is 0 Å². The van der Waals surface area contributed by atoms with Gasteiger partial charge in [0.1, 0.15) is 0 Å². The summed E-state index contributed by atoms with van der Waals surface area (Å²) in [6, 6.07) is 58.9. The standard InChI is InChI=1S/C65H55BN4/c1-40-27-31-53-47(36-40)45-21-10-9-20-44(45)46-29-30-51-60-62(46)69(53)58-39-43(70-55-25-12-11-22-49(55)63(3)33-14-15-34-64(63,70)4)38-57-61(58)66(60)59-50(65(51,5)42-18-7-6-8-19-42)23-17-26-56(59)68(57)54-32-28-41(2)37-48(54)52-24-13-16-35-67-52/h6-13,16-19,21-32,35-39,44H,14-15,20,33-34H2,1-5H3. The lowest BCUT2D eigenvalue weighted by Crippen LogP contribution is -2.67. The molecule has 4 nitrogen and oxygen atoms in total. The van der Waals surface area contributed by atoms with Crippen molar-refractivity contribution < 1.29 is 0 Å². The fourth-order valence-corrected chi connectivity index (χ4v) is 15.1. The molecule has 4 unspecified atom stereocenters. The van der Waals surface area contributed by atoms with Crippen LogP contribution in [0.15, 0.2) is 176 Å². The second-order valence-electron chi connectivity index (χ2n) is 22.0. The second kappa shape index (κ2) is 14.1. The first-order chi connectivity index (χ1) is 34.2. The molecule has 1 saturated carbocycles. The Kier molecular flexibility index (Phi) is 8.18. The van der Waals surface area contributed by atoms with E-state index in [9.17, 15) is 0 Å². The van der Waals surface area contributed by atoms with E-state index in [1.165, 1.54) is 126 Å². The van der Waals surface area contributed by atoms with Gasteiger partial charge in [0.2, 0.25) is 0 Å². The third-order valence-electron chi connectivity index (χ3n) is 18.5. The quantitative estimate of drug-likeness (QED) is 0.164. The SMILES string of the molecule is Cc1ccc2c(c1)C1=CC=CCC1c1ccc3c4c1N2c1cc(N2c5ccccc5C5(C)CCCCC25C)cc2c1B4c1c(cccc1C3(C)c1ccccc1)N2c1ccc(C)cc1-c1ccccn1. The van der Waals surface area contributed by atoms with Crippen LogP contribution in [0, 0.1) is 13.8 Å². The summed E-state index contributed by atoms with van der Waals surface area (Å²) in [4.78, 5) is 13.3. The Morgan fingerprint density at radius 3 is 2.09 bits per heavy atom. The molecule has 0 spiro atoms. The molecule has 338 valence electrons. The minimum atomic E-state index is -0.441. The first-order valence-corrected chi connectivity index (χ1v) is 25.7. The summed E-state index contributed by atoms with van der Waals surface area (Å²) in [6.07, 6.45) is 14.8.